The van der Waals surface area contributed by atoms with E-state index in [1.165, 1.54) is 106 Å². The number of rotatable bonds is 8. The number of benzene rings is 11. The van der Waals surface area contributed by atoms with E-state index in [9.17, 15) is 0 Å². The third-order valence-corrected chi connectivity index (χ3v) is 16.4. The van der Waals surface area contributed by atoms with E-state index in [1.807, 2.05) is 0 Å². The van der Waals surface area contributed by atoms with Crippen LogP contribution in [0.3, 0.4) is 0 Å². The van der Waals surface area contributed by atoms with Crippen molar-refractivity contribution in [1.82, 2.24) is 0 Å². The molecule has 1 heteroatoms. The van der Waals surface area contributed by atoms with Gasteiger partial charge in [0.05, 0.1) is 11.1 Å². The average molecular weight is 924 g/mol. The van der Waals surface area contributed by atoms with Crippen LogP contribution in [0.5, 0.6) is 0 Å². The Morgan fingerprint density at radius 2 is 0.819 bits per heavy atom. The largest absolute Gasteiger partial charge is 0.310 e. The Kier molecular flexibility index (Phi) is 10.3. The van der Waals surface area contributed by atoms with Gasteiger partial charge in [-0.3, -0.25) is 0 Å². The van der Waals surface area contributed by atoms with Crippen LogP contribution in [0.4, 0.5) is 17.1 Å². The number of anilines is 3. The molecule has 72 heavy (non-hydrogen) atoms. The summed E-state index contributed by atoms with van der Waals surface area (Å²) >= 11 is 0. The molecule has 0 heterocycles. The van der Waals surface area contributed by atoms with Gasteiger partial charge in [-0.2, -0.15) is 0 Å². The Morgan fingerprint density at radius 3 is 1.49 bits per heavy atom. The molecule has 11 aromatic rings. The molecule has 0 saturated carbocycles. The molecule has 0 N–H and O–H groups in total. The van der Waals surface area contributed by atoms with E-state index in [0.29, 0.717) is 0 Å². The average Bonchev–Trinajstić information content (AvgIpc) is 3.73. The van der Waals surface area contributed by atoms with Crippen LogP contribution in [0.1, 0.15) is 73.9 Å². The molecule has 0 unspecified atom stereocenters. The summed E-state index contributed by atoms with van der Waals surface area (Å²) < 4.78 is 0. The minimum Gasteiger partial charge on any atom is -0.310 e. The number of fused-ring (bicyclic) bond motifs is 7. The molecule has 2 aliphatic carbocycles. The molecule has 0 radical (unpaired) electrons. The van der Waals surface area contributed by atoms with Crippen molar-refractivity contribution in [2.75, 3.05) is 4.90 Å². The summed E-state index contributed by atoms with van der Waals surface area (Å²) in [5, 5.41) is 5.06. The van der Waals surface area contributed by atoms with E-state index in [-0.39, 0.29) is 10.8 Å². The van der Waals surface area contributed by atoms with Gasteiger partial charge in [-0.1, -0.05) is 234 Å². The van der Waals surface area contributed by atoms with Crippen LogP contribution in [0.15, 0.2) is 249 Å². The molecule has 1 nitrogen and oxygen atoms in total. The Hall–Kier alpha value is -8.26. The molecular formula is C71H57N. The highest BCUT2D eigenvalue weighted by molar-refractivity contribution is 6.14. The molecule has 2 aliphatic rings. The predicted molar refractivity (Wildman–Crippen MR) is 305 cm³/mol. The standard InChI is InChI=1S/C71H57N/c1-69(2)42-43-70(3,4)67-45-52(36-41-65(67)69)62-46-63-60-30-18-19-31-64(60)71(53-23-10-6-11-24-53,54-25-12-7-13-26-54)66(63)47-68(62)72(55-37-32-49(33-38-55)48-20-8-5-9-21-48)56-39-34-50(35-40-56)61-44-51-22-14-15-27-57(51)58-28-16-17-29-59(58)61/h5-41,44-47H,42-43H2,1-4H3. The quantitative estimate of drug-likeness (QED) is 0.137. The van der Waals surface area contributed by atoms with Gasteiger partial charge in [0.25, 0.3) is 0 Å². The summed E-state index contributed by atoms with van der Waals surface area (Å²) in [4.78, 5) is 2.53. The van der Waals surface area contributed by atoms with Crippen LogP contribution in [0.2, 0.25) is 0 Å². The summed E-state index contributed by atoms with van der Waals surface area (Å²) in [6, 6.07) is 93.4. The third-order valence-electron chi connectivity index (χ3n) is 16.4. The Labute approximate surface area is 424 Å². The van der Waals surface area contributed by atoms with Gasteiger partial charge in [-0.25, -0.2) is 0 Å². The first kappa shape index (κ1) is 43.7. The first-order chi connectivity index (χ1) is 35.2. The normalized spacial score (nSPS) is 14.9. The molecule has 0 amide bonds. The van der Waals surface area contributed by atoms with Gasteiger partial charge >= 0.3 is 0 Å². The molecule has 0 aliphatic heterocycles. The van der Waals surface area contributed by atoms with Crippen LogP contribution < -0.4 is 4.90 Å². The molecule has 0 atom stereocenters. The maximum Gasteiger partial charge on any atom is 0.0714 e. The first-order valence-corrected chi connectivity index (χ1v) is 25.7. The Balaban J connectivity index is 1.10. The van der Waals surface area contributed by atoms with Crippen molar-refractivity contribution in [1.29, 1.82) is 0 Å². The molecule has 0 fully saturated rings. The Bertz CT molecular complexity index is 3790. The van der Waals surface area contributed by atoms with Gasteiger partial charge in [0.1, 0.15) is 0 Å². The highest BCUT2D eigenvalue weighted by atomic mass is 15.1. The number of hydrogen-bond acceptors (Lipinski definition) is 1. The van der Waals surface area contributed by atoms with E-state index >= 15 is 0 Å². The minimum atomic E-state index is -0.576. The van der Waals surface area contributed by atoms with Gasteiger partial charge in [0.15, 0.2) is 0 Å². The monoisotopic (exact) mass is 923 g/mol. The fourth-order valence-electron chi connectivity index (χ4n) is 12.6. The van der Waals surface area contributed by atoms with Gasteiger partial charge in [-0.15, -0.1) is 0 Å². The zero-order valence-corrected chi connectivity index (χ0v) is 41.5. The SMILES string of the molecule is CC1(C)CCC(C)(C)c2cc(-c3cc4c(cc3N(c3ccc(-c5ccccc5)cc3)c3ccc(-c5cc6ccccc6c6ccccc56)cc3)C(c3ccccc3)(c3ccccc3)c3ccccc3-4)ccc21. The van der Waals surface area contributed by atoms with E-state index in [0.717, 1.165) is 23.5 Å². The maximum absolute atomic E-state index is 2.56. The van der Waals surface area contributed by atoms with Crippen molar-refractivity contribution in [2.24, 2.45) is 0 Å². The fourth-order valence-corrected chi connectivity index (χ4v) is 12.6. The lowest BCUT2D eigenvalue weighted by Gasteiger charge is -2.42. The molecule has 13 rings (SSSR count). The highest BCUT2D eigenvalue weighted by Crippen LogP contribution is 2.59. The summed E-state index contributed by atoms with van der Waals surface area (Å²) in [6.07, 6.45) is 2.32. The summed E-state index contributed by atoms with van der Waals surface area (Å²) in [5.74, 6) is 0. The van der Waals surface area contributed by atoms with E-state index in [2.05, 4.69) is 281 Å². The van der Waals surface area contributed by atoms with Gasteiger partial charge in [0.2, 0.25) is 0 Å². The van der Waals surface area contributed by atoms with Crippen LogP contribution in [0, 0.1) is 0 Å². The van der Waals surface area contributed by atoms with E-state index in [1.54, 1.807) is 0 Å². The van der Waals surface area contributed by atoms with Crippen molar-refractivity contribution >= 4 is 38.6 Å². The first-order valence-electron chi connectivity index (χ1n) is 25.7. The van der Waals surface area contributed by atoms with Gasteiger partial charge in [0, 0.05) is 16.9 Å². The van der Waals surface area contributed by atoms with Crippen molar-refractivity contribution < 1.29 is 0 Å². The van der Waals surface area contributed by atoms with E-state index in [4.69, 9.17) is 0 Å². The number of hydrogen-bond donors (Lipinski definition) is 0. The van der Waals surface area contributed by atoms with Crippen LogP contribution in [-0.4, -0.2) is 0 Å². The van der Waals surface area contributed by atoms with Crippen molar-refractivity contribution in [3.05, 3.63) is 282 Å². The smallest absolute Gasteiger partial charge is 0.0714 e. The van der Waals surface area contributed by atoms with Crippen molar-refractivity contribution in [3.63, 3.8) is 0 Å². The number of nitrogens with zero attached hydrogens (tertiary/aromatic N) is 1. The second-order valence-electron chi connectivity index (χ2n) is 21.5. The fraction of sp³-hybridized carbons (Fsp3) is 0.127. The molecule has 0 aromatic heterocycles. The van der Waals surface area contributed by atoms with Crippen molar-refractivity contribution in [3.8, 4) is 44.5 Å². The molecule has 11 aromatic carbocycles. The topological polar surface area (TPSA) is 3.24 Å². The van der Waals surface area contributed by atoms with Crippen LogP contribution in [-0.2, 0) is 16.2 Å². The minimum absolute atomic E-state index is 0.0375. The maximum atomic E-state index is 2.56. The third kappa shape index (κ3) is 6.97. The summed E-state index contributed by atoms with van der Waals surface area (Å²) in [6.45, 7) is 9.74. The van der Waals surface area contributed by atoms with Gasteiger partial charge in [-0.05, 0) is 160 Å². The zero-order chi connectivity index (χ0) is 48.6. The van der Waals surface area contributed by atoms with E-state index < -0.39 is 5.41 Å². The lowest BCUT2D eigenvalue weighted by Crippen LogP contribution is -2.33. The Morgan fingerprint density at radius 1 is 0.306 bits per heavy atom. The molecule has 0 saturated heterocycles. The molecule has 0 spiro atoms. The lowest BCUT2D eigenvalue weighted by molar-refractivity contribution is 0.332. The highest BCUT2D eigenvalue weighted by Gasteiger charge is 2.47. The lowest BCUT2D eigenvalue weighted by atomic mass is 9.63. The predicted octanol–water partition coefficient (Wildman–Crippen LogP) is 19.2. The van der Waals surface area contributed by atoms with Crippen LogP contribution in [0.25, 0.3) is 66.1 Å². The second kappa shape index (κ2) is 17.0. The van der Waals surface area contributed by atoms with Crippen molar-refractivity contribution in [2.45, 2.75) is 56.8 Å². The molecule has 0 bridgehead atoms. The summed E-state index contributed by atoms with van der Waals surface area (Å²) in [5.41, 5.74) is 20.7. The summed E-state index contributed by atoms with van der Waals surface area (Å²) in [7, 11) is 0. The zero-order valence-electron chi connectivity index (χ0n) is 41.5. The second-order valence-corrected chi connectivity index (χ2v) is 21.5. The molecular weight excluding hydrogens is 867 g/mol. The van der Waals surface area contributed by atoms with Gasteiger partial charge < -0.3 is 4.90 Å². The molecule has 346 valence electrons. The van der Waals surface area contributed by atoms with Crippen LogP contribution >= 0.6 is 0 Å².